The van der Waals surface area contributed by atoms with E-state index in [1.165, 1.54) is 24.3 Å². The van der Waals surface area contributed by atoms with Crippen molar-refractivity contribution >= 4 is 21.4 Å². The van der Waals surface area contributed by atoms with Crippen molar-refractivity contribution < 1.29 is 13.5 Å². The lowest BCUT2D eigenvalue weighted by atomic mass is 10.0. The first-order chi connectivity index (χ1) is 12.5. The Hall–Kier alpha value is -2.50. The van der Waals surface area contributed by atoms with Crippen molar-refractivity contribution in [3.05, 3.63) is 76.5 Å². The van der Waals surface area contributed by atoms with Gasteiger partial charge in [0.05, 0.1) is 22.6 Å². The maximum atomic E-state index is 12.3. The number of nitriles is 1. The van der Waals surface area contributed by atoms with Crippen LogP contribution in [0.2, 0.25) is 0 Å². The fourth-order valence-electron chi connectivity index (χ4n) is 2.42. The number of aliphatic hydroxyl groups is 1. The summed E-state index contributed by atoms with van der Waals surface area (Å²) in [5.41, 5.74) is 3.17. The summed E-state index contributed by atoms with van der Waals surface area (Å²) >= 11 is 1.61. The standard InChI is InChI=1S/C19H16N2O3S2/c20-11-14-1-7-18(8-2-14)26(23,24)21-12-19(22)16-5-3-15(4-6-16)17-9-10-25-13-17/h1-10,13,19,21-22H,12H2/t19-/m1/s1. The Morgan fingerprint density at radius 1 is 1.04 bits per heavy atom. The lowest BCUT2D eigenvalue weighted by molar-refractivity contribution is 0.182. The van der Waals surface area contributed by atoms with E-state index in [2.05, 4.69) is 4.72 Å². The minimum atomic E-state index is -3.75. The SMILES string of the molecule is N#Cc1ccc(S(=O)(=O)NC[C@@H](O)c2ccc(-c3ccsc3)cc2)cc1. The Morgan fingerprint density at radius 2 is 1.73 bits per heavy atom. The monoisotopic (exact) mass is 384 g/mol. The summed E-state index contributed by atoms with van der Waals surface area (Å²) in [5.74, 6) is 0. The van der Waals surface area contributed by atoms with Gasteiger partial charge in [-0.2, -0.15) is 16.6 Å². The van der Waals surface area contributed by atoms with E-state index >= 15 is 0 Å². The quantitative estimate of drug-likeness (QED) is 0.682. The van der Waals surface area contributed by atoms with Gasteiger partial charge in [0.2, 0.25) is 10.0 Å². The van der Waals surface area contributed by atoms with Gasteiger partial charge in [-0.25, -0.2) is 13.1 Å². The summed E-state index contributed by atoms with van der Waals surface area (Å²) in [4.78, 5) is 0.0523. The van der Waals surface area contributed by atoms with Crippen LogP contribution in [0.25, 0.3) is 11.1 Å². The van der Waals surface area contributed by atoms with E-state index in [1.807, 2.05) is 35.0 Å². The first-order valence-corrected chi connectivity index (χ1v) is 10.2. The highest BCUT2D eigenvalue weighted by molar-refractivity contribution is 7.89. The predicted octanol–water partition coefficient (Wildman–Crippen LogP) is 3.30. The van der Waals surface area contributed by atoms with Crippen LogP contribution in [0.4, 0.5) is 0 Å². The first kappa shape index (κ1) is 18.3. The molecule has 1 aromatic heterocycles. The number of hydrogen-bond acceptors (Lipinski definition) is 5. The third-order valence-electron chi connectivity index (χ3n) is 3.91. The van der Waals surface area contributed by atoms with E-state index in [-0.39, 0.29) is 11.4 Å². The molecule has 0 fully saturated rings. The van der Waals surface area contributed by atoms with E-state index in [0.717, 1.165) is 11.1 Å². The molecule has 3 aromatic rings. The number of rotatable bonds is 6. The van der Waals surface area contributed by atoms with Crippen LogP contribution in [0.15, 0.2) is 70.3 Å². The maximum absolute atomic E-state index is 12.3. The predicted molar refractivity (Wildman–Crippen MR) is 101 cm³/mol. The molecule has 0 spiro atoms. The molecule has 26 heavy (non-hydrogen) atoms. The molecule has 1 atom stereocenters. The minimum absolute atomic E-state index is 0.0523. The second-order valence-electron chi connectivity index (χ2n) is 5.64. The topological polar surface area (TPSA) is 90.2 Å². The zero-order chi connectivity index (χ0) is 18.6. The van der Waals surface area contributed by atoms with Crippen LogP contribution in [-0.4, -0.2) is 20.1 Å². The molecule has 2 N–H and O–H groups in total. The van der Waals surface area contributed by atoms with Crippen molar-refractivity contribution in [2.45, 2.75) is 11.0 Å². The molecule has 1 heterocycles. The largest absolute Gasteiger partial charge is 0.387 e. The fourth-order valence-corrected chi connectivity index (χ4v) is 4.13. The van der Waals surface area contributed by atoms with Crippen LogP contribution in [-0.2, 0) is 10.0 Å². The van der Waals surface area contributed by atoms with Gasteiger partial charge in [0.1, 0.15) is 0 Å². The van der Waals surface area contributed by atoms with E-state index < -0.39 is 16.1 Å². The number of hydrogen-bond donors (Lipinski definition) is 2. The Balaban J connectivity index is 1.65. The molecular formula is C19H16N2O3S2. The third kappa shape index (κ3) is 4.18. The van der Waals surface area contributed by atoms with Crippen LogP contribution in [0.3, 0.4) is 0 Å². The molecule has 0 bridgehead atoms. The number of nitrogens with one attached hydrogen (secondary N) is 1. The highest BCUT2D eigenvalue weighted by atomic mass is 32.2. The molecule has 7 heteroatoms. The van der Waals surface area contributed by atoms with E-state index in [4.69, 9.17) is 5.26 Å². The molecule has 0 aliphatic heterocycles. The second-order valence-corrected chi connectivity index (χ2v) is 8.18. The Labute approximate surface area is 156 Å². The van der Waals surface area contributed by atoms with Gasteiger partial charge in [-0.05, 0) is 57.8 Å². The van der Waals surface area contributed by atoms with Crippen LogP contribution in [0.5, 0.6) is 0 Å². The number of benzene rings is 2. The van der Waals surface area contributed by atoms with Gasteiger partial charge in [0.15, 0.2) is 0 Å². The van der Waals surface area contributed by atoms with Crippen molar-refractivity contribution in [1.82, 2.24) is 4.72 Å². The molecule has 3 rings (SSSR count). The van der Waals surface area contributed by atoms with Crippen LogP contribution >= 0.6 is 11.3 Å². The van der Waals surface area contributed by atoms with Crippen molar-refractivity contribution in [2.75, 3.05) is 6.54 Å². The van der Waals surface area contributed by atoms with Crippen molar-refractivity contribution in [3.63, 3.8) is 0 Å². The average Bonchev–Trinajstić information content (AvgIpc) is 3.21. The van der Waals surface area contributed by atoms with Gasteiger partial charge in [-0.15, -0.1) is 0 Å². The molecule has 132 valence electrons. The van der Waals surface area contributed by atoms with Gasteiger partial charge in [0, 0.05) is 6.54 Å². The van der Waals surface area contributed by atoms with Crippen LogP contribution in [0.1, 0.15) is 17.2 Å². The molecule has 2 aromatic carbocycles. The van der Waals surface area contributed by atoms with Crippen LogP contribution < -0.4 is 4.72 Å². The molecule has 5 nitrogen and oxygen atoms in total. The maximum Gasteiger partial charge on any atom is 0.240 e. The van der Waals surface area contributed by atoms with E-state index in [9.17, 15) is 13.5 Å². The van der Waals surface area contributed by atoms with Crippen molar-refractivity contribution in [1.29, 1.82) is 5.26 Å². The molecule has 0 amide bonds. The summed E-state index contributed by atoms with van der Waals surface area (Å²) in [6.45, 7) is -0.139. The molecule has 0 saturated heterocycles. The van der Waals surface area contributed by atoms with Crippen LogP contribution in [0, 0.1) is 11.3 Å². The molecule has 0 aliphatic carbocycles. The normalized spacial score (nSPS) is 12.5. The highest BCUT2D eigenvalue weighted by Crippen LogP contribution is 2.24. The summed E-state index contributed by atoms with van der Waals surface area (Å²) in [6, 6.07) is 16.9. The lowest BCUT2D eigenvalue weighted by Crippen LogP contribution is -2.28. The van der Waals surface area contributed by atoms with Crippen molar-refractivity contribution in [2.24, 2.45) is 0 Å². The van der Waals surface area contributed by atoms with Crippen molar-refractivity contribution in [3.8, 4) is 17.2 Å². The number of aliphatic hydroxyl groups excluding tert-OH is 1. The molecule has 0 saturated carbocycles. The zero-order valence-electron chi connectivity index (χ0n) is 13.7. The summed E-state index contributed by atoms with van der Waals surface area (Å²) < 4.78 is 26.9. The third-order valence-corrected chi connectivity index (χ3v) is 6.03. The molecule has 0 aliphatic rings. The fraction of sp³-hybridized carbons (Fsp3) is 0.105. The Kier molecular flexibility index (Phi) is 5.49. The van der Waals surface area contributed by atoms with Gasteiger partial charge in [-0.3, -0.25) is 0 Å². The van der Waals surface area contributed by atoms with Gasteiger partial charge >= 0.3 is 0 Å². The van der Waals surface area contributed by atoms with Gasteiger partial charge < -0.3 is 5.11 Å². The minimum Gasteiger partial charge on any atom is -0.387 e. The number of nitrogens with zero attached hydrogens (tertiary/aromatic N) is 1. The van der Waals surface area contributed by atoms with E-state index in [1.54, 1.807) is 23.5 Å². The highest BCUT2D eigenvalue weighted by Gasteiger charge is 2.17. The van der Waals surface area contributed by atoms with E-state index in [0.29, 0.717) is 11.1 Å². The molecule has 0 unspecified atom stereocenters. The smallest absolute Gasteiger partial charge is 0.240 e. The summed E-state index contributed by atoms with van der Waals surface area (Å²) in [5, 5.41) is 23.1. The average molecular weight is 384 g/mol. The second kappa shape index (κ2) is 7.81. The number of thiophene rings is 1. The summed E-state index contributed by atoms with van der Waals surface area (Å²) in [7, 11) is -3.75. The lowest BCUT2D eigenvalue weighted by Gasteiger charge is -2.13. The number of sulfonamides is 1. The molecule has 0 radical (unpaired) electrons. The first-order valence-electron chi connectivity index (χ1n) is 7.80. The molecular weight excluding hydrogens is 368 g/mol. The van der Waals surface area contributed by atoms with Gasteiger partial charge in [0.25, 0.3) is 0 Å². The Morgan fingerprint density at radius 3 is 2.31 bits per heavy atom. The Bertz CT molecular complexity index is 1000. The zero-order valence-corrected chi connectivity index (χ0v) is 15.3. The summed E-state index contributed by atoms with van der Waals surface area (Å²) in [6.07, 6.45) is -0.959. The van der Waals surface area contributed by atoms with Gasteiger partial charge in [-0.1, -0.05) is 24.3 Å².